The van der Waals surface area contributed by atoms with Crippen LogP contribution in [0, 0.1) is 0 Å². The second kappa shape index (κ2) is 10.7. The van der Waals surface area contributed by atoms with E-state index in [4.69, 9.17) is 15.2 Å². The maximum absolute atomic E-state index is 5.91. The minimum absolute atomic E-state index is 0. The quantitative estimate of drug-likeness (QED) is 0.394. The van der Waals surface area contributed by atoms with Gasteiger partial charge in [0.15, 0.2) is 5.96 Å². The van der Waals surface area contributed by atoms with E-state index < -0.39 is 0 Å². The third kappa shape index (κ3) is 6.27. The molecule has 5 nitrogen and oxygen atoms in total. The number of nitrogens with two attached hydrogens (primary N) is 1. The normalized spacial score (nSPS) is 10.7. The topological polar surface area (TPSA) is 68.9 Å². The Labute approximate surface area is 160 Å². The third-order valence-corrected chi connectivity index (χ3v) is 3.48. The van der Waals surface area contributed by atoms with Gasteiger partial charge in [-0.2, -0.15) is 0 Å². The fourth-order valence-electron chi connectivity index (χ4n) is 2.19. The lowest BCUT2D eigenvalue weighted by Crippen LogP contribution is -2.33. The SMILES string of the molecule is COc1ccc(CN=C(N)NCCc2ccccc2)c(OC)c1.I. The Balaban J connectivity index is 0.00000288. The fraction of sp³-hybridized carbons (Fsp3) is 0.278. The molecule has 0 saturated carbocycles. The molecule has 2 aromatic carbocycles. The number of nitrogens with zero attached hydrogens (tertiary/aromatic N) is 1. The van der Waals surface area contributed by atoms with Gasteiger partial charge in [-0.15, -0.1) is 24.0 Å². The van der Waals surface area contributed by atoms with Crippen molar-refractivity contribution in [2.24, 2.45) is 10.7 Å². The maximum Gasteiger partial charge on any atom is 0.188 e. The minimum atomic E-state index is 0. The molecule has 0 unspecified atom stereocenters. The van der Waals surface area contributed by atoms with Crippen molar-refractivity contribution in [3.05, 3.63) is 59.7 Å². The summed E-state index contributed by atoms with van der Waals surface area (Å²) in [5.41, 5.74) is 8.13. The van der Waals surface area contributed by atoms with Gasteiger partial charge in [-0.3, -0.25) is 0 Å². The minimum Gasteiger partial charge on any atom is -0.497 e. The molecular weight excluding hydrogens is 417 g/mol. The number of benzene rings is 2. The number of nitrogens with one attached hydrogen (secondary N) is 1. The Hall–Kier alpha value is -1.96. The molecule has 24 heavy (non-hydrogen) atoms. The van der Waals surface area contributed by atoms with Crippen LogP contribution in [-0.4, -0.2) is 26.7 Å². The Kier molecular flexibility index (Phi) is 8.99. The van der Waals surface area contributed by atoms with Gasteiger partial charge >= 0.3 is 0 Å². The van der Waals surface area contributed by atoms with Crippen LogP contribution in [0.4, 0.5) is 0 Å². The first kappa shape index (κ1) is 20.1. The second-order valence-corrected chi connectivity index (χ2v) is 5.04. The zero-order valence-electron chi connectivity index (χ0n) is 14.0. The van der Waals surface area contributed by atoms with Crippen molar-refractivity contribution in [1.29, 1.82) is 0 Å². The molecule has 0 heterocycles. The maximum atomic E-state index is 5.91. The van der Waals surface area contributed by atoms with E-state index in [1.165, 1.54) is 5.56 Å². The average Bonchev–Trinajstić information content (AvgIpc) is 2.60. The van der Waals surface area contributed by atoms with Gasteiger partial charge in [-0.05, 0) is 24.1 Å². The van der Waals surface area contributed by atoms with Gasteiger partial charge < -0.3 is 20.5 Å². The summed E-state index contributed by atoms with van der Waals surface area (Å²) >= 11 is 0. The standard InChI is InChI=1S/C18H23N3O2.HI/c1-22-16-9-8-15(17(12-16)23-2)13-21-18(19)20-11-10-14-6-4-3-5-7-14;/h3-9,12H,10-11,13H2,1-2H3,(H3,19,20,21);1H. The Bertz CT molecular complexity index is 648. The summed E-state index contributed by atoms with van der Waals surface area (Å²) in [7, 11) is 3.25. The van der Waals surface area contributed by atoms with Crippen LogP contribution in [0.25, 0.3) is 0 Å². The zero-order valence-corrected chi connectivity index (χ0v) is 16.3. The summed E-state index contributed by atoms with van der Waals surface area (Å²) in [6.45, 7) is 1.20. The van der Waals surface area contributed by atoms with Crippen LogP contribution in [-0.2, 0) is 13.0 Å². The van der Waals surface area contributed by atoms with E-state index in [0.717, 1.165) is 30.0 Å². The summed E-state index contributed by atoms with van der Waals surface area (Å²) in [6.07, 6.45) is 0.906. The number of rotatable bonds is 7. The molecule has 0 aromatic heterocycles. The smallest absolute Gasteiger partial charge is 0.188 e. The lowest BCUT2D eigenvalue weighted by atomic mass is 10.1. The van der Waals surface area contributed by atoms with Crippen molar-refractivity contribution in [3.8, 4) is 11.5 Å². The third-order valence-electron chi connectivity index (χ3n) is 3.48. The Morgan fingerprint density at radius 2 is 1.83 bits per heavy atom. The summed E-state index contributed by atoms with van der Waals surface area (Å²) in [4.78, 5) is 4.35. The number of guanidine groups is 1. The first-order chi connectivity index (χ1) is 11.2. The van der Waals surface area contributed by atoms with E-state index in [1.54, 1.807) is 14.2 Å². The Morgan fingerprint density at radius 1 is 1.08 bits per heavy atom. The predicted molar refractivity (Wildman–Crippen MR) is 108 cm³/mol. The van der Waals surface area contributed by atoms with E-state index in [2.05, 4.69) is 22.4 Å². The molecule has 0 aliphatic heterocycles. The van der Waals surface area contributed by atoms with E-state index in [-0.39, 0.29) is 24.0 Å². The van der Waals surface area contributed by atoms with E-state index >= 15 is 0 Å². The van der Waals surface area contributed by atoms with Gasteiger partial charge in [-0.1, -0.05) is 30.3 Å². The molecule has 0 aliphatic rings. The monoisotopic (exact) mass is 441 g/mol. The van der Waals surface area contributed by atoms with Gasteiger partial charge in [0.2, 0.25) is 0 Å². The van der Waals surface area contributed by atoms with Crippen LogP contribution in [0.1, 0.15) is 11.1 Å². The molecule has 0 spiro atoms. The van der Waals surface area contributed by atoms with Gasteiger partial charge in [-0.25, -0.2) is 4.99 Å². The highest BCUT2D eigenvalue weighted by Crippen LogP contribution is 2.24. The molecule has 0 amide bonds. The van der Waals surface area contributed by atoms with Crippen LogP contribution in [0.15, 0.2) is 53.5 Å². The largest absolute Gasteiger partial charge is 0.497 e. The number of hydrogen-bond donors (Lipinski definition) is 2. The predicted octanol–water partition coefficient (Wildman–Crippen LogP) is 2.97. The molecule has 0 radical (unpaired) electrons. The van der Waals surface area contributed by atoms with Gasteiger partial charge in [0.25, 0.3) is 0 Å². The molecule has 0 atom stereocenters. The van der Waals surface area contributed by atoms with Crippen LogP contribution in [0.2, 0.25) is 0 Å². The van der Waals surface area contributed by atoms with Gasteiger partial charge in [0.05, 0.1) is 20.8 Å². The molecule has 0 aliphatic carbocycles. The molecule has 0 fully saturated rings. The van der Waals surface area contributed by atoms with Gasteiger partial charge in [0.1, 0.15) is 11.5 Å². The van der Waals surface area contributed by atoms with Crippen molar-refractivity contribution < 1.29 is 9.47 Å². The van der Waals surface area contributed by atoms with Crippen LogP contribution >= 0.6 is 24.0 Å². The average molecular weight is 441 g/mol. The van der Waals surface area contributed by atoms with Gasteiger partial charge in [0, 0.05) is 18.2 Å². The first-order valence-electron chi connectivity index (χ1n) is 7.51. The highest BCUT2D eigenvalue weighted by Gasteiger charge is 2.04. The zero-order chi connectivity index (χ0) is 16.5. The highest BCUT2D eigenvalue weighted by molar-refractivity contribution is 14.0. The van der Waals surface area contributed by atoms with Crippen LogP contribution in [0.5, 0.6) is 11.5 Å². The lowest BCUT2D eigenvalue weighted by Gasteiger charge is -2.09. The second-order valence-electron chi connectivity index (χ2n) is 5.04. The van der Waals surface area contributed by atoms with Crippen LogP contribution < -0.4 is 20.5 Å². The molecular formula is C18H24IN3O2. The first-order valence-corrected chi connectivity index (χ1v) is 7.51. The summed E-state index contributed by atoms with van der Waals surface area (Å²) < 4.78 is 10.5. The number of methoxy groups -OCH3 is 2. The number of aliphatic imine (C=N–C) groups is 1. The van der Waals surface area contributed by atoms with E-state index in [0.29, 0.717) is 12.5 Å². The van der Waals surface area contributed by atoms with Crippen molar-refractivity contribution in [3.63, 3.8) is 0 Å². The Morgan fingerprint density at radius 3 is 2.50 bits per heavy atom. The summed E-state index contributed by atoms with van der Waals surface area (Å²) in [5, 5.41) is 3.12. The molecule has 2 aromatic rings. The van der Waals surface area contributed by atoms with Crippen molar-refractivity contribution in [2.75, 3.05) is 20.8 Å². The fourth-order valence-corrected chi connectivity index (χ4v) is 2.19. The number of ether oxygens (including phenoxy) is 2. The highest BCUT2D eigenvalue weighted by atomic mass is 127. The number of halogens is 1. The number of hydrogen-bond acceptors (Lipinski definition) is 3. The summed E-state index contributed by atoms with van der Waals surface area (Å²) in [5.74, 6) is 1.92. The van der Waals surface area contributed by atoms with Crippen molar-refractivity contribution in [2.45, 2.75) is 13.0 Å². The van der Waals surface area contributed by atoms with Crippen molar-refractivity contribution in [1.82, 2.24) is 5.32 Å². The van der Waals surface area contributed by atoms with Crippen LogP contribution in [0.3, 0.4) is 0 Å². The van der Waals surface area contributed by atoms with Crippen molar-refractivity contribution >= 4 is 29.9 Å². The molecule has 3 N–H and O–H groups in total. The van der Waals surface area contributed by atoms with E-state index in [1.807, 2.05) is 36.4 Å². The molecule has 0 saturated heterocycles. The lowest BCUT2D eigenvalue weighted by molar-refractivity contribution is 0.391. The molecule has 6 heteroatoms. The molecule has 0 bridgehead atoms. The molecule has 130 valence electrons. The van der Waals surface area contributed by atoms with E-state index in [9.17, 15) is 0 Å². The molecule has 2 rings (SSSR count). The summed E-state index contributed by atoms with van der Waals surface area (Å²) in [6, 6.07) is 15.9.